The summed E-state index contributed by atoms with van der Waals surface area (Å²) in [5, 5.41) is 3.68. The quantitative estimate of drug-likeness (QED) is 0.904. The van der Waals surface area contributed by atoms with Crippen LogP contribution >= 0.6 is 0 Å². The van der Waals surface area contributed by atoms with Crippen molar-refractivity contribution in [3.8, 4) is 5.75 Å². The fourth-order valence-corrected chi connectivity index (χ4v) is 4.62. The normalized spacial score (nSPS) is 35.3. The fraction of sp³-hybridized carbons (Fsp3) is 0.667. The smallest absolute Gasteiger partial charge is 0.124 e. The maximum Gasteiger partial charge on any atom is 0.124 e. The van der Waals surface area contributed by atoms with Crippen LogP contribution in [0.2, 0.25) is 0 Å². The number of para-hydroxylation sites is 1. The lowest BCUT2D eigenvalue weighted by molar-refractivity contribution is -0.0389. The number of nitrogens with zero attached hydrogens (tertiary/aromatic N) is 1. The van der Waals surface area contributed by atoms with E-state index in [0.717, 1.165) is 24.8 Å². The van der Waals surface area contributed by atoms with Gasteiger partial charge in [0.05, 0.1) is 0 Å². The first-order chi connectivity index (χ1) is 10.3. The minimum Gasteiger partial charge on any atom is -0.487 e. The number of nitrogens with one attached hydrogen (secondary N) is 1. The van der Waals surface area contributed by atoms with Gasteiger partial charge < -0.3 is 15.0 Å². The van der Waals surface area contributed by atoms with Crippen LogP contribution in [0.25, 0.3) is 0 Å². The van der Waals surface area contributed by atoms with Gasteiger partial charge in [-0.1, -0.05) is 25.1 Å². The van der Waals surface area contributed by atoms with Crippen molar-refractivity contribution in [2.24, 2.45) is 0 Å². The number of benzene rings is 1. The lowest BCUT2D eigenvalue weighted by Crippen LogP contribution is -2.54. The van der Waals surface area contributed by atoms with Crippen molar-refractivity contribution in [3.05, 3.63) is 29.8 Å². The largest absolute Gasteiger partial charge is 0.487 e. The minimum atomic E-state index is 0.0622. The molecule has 21 heavy (non-hydrogen) atoms. The highest BCUT2D eigenvalue weighted by Crippen LogP contribution is 2.46. The molecule has 3 aliphatic rings. The molecule has 3 heteroatoms. The molecule has 0 saturated carbocycles. The molecular weight excluding hydrogens is 260 g/mol. The van der Waals surface area contributed by atoms with E-state index in [2.05, 4.69) is 41.4 Å². The van der Waals surface area contributed by atoms with Crippen LogP contribution in [-0.4, -0.2) is 36.2 Å². The number of ether oxygens (including phenoxy) is 1. The van der Waals surface area contributed by atoms with Crippen molar-refractivity contribution in [2.75, 3.05) is 19.6 Å². The average Bonchev–Trinajstić information content (AvgIpc) is 2.94. The molecule has 1 spiro atoms. The standard InChI is InChI=1S/C18H26N2O/c1-2-19-16-13-18(21-17-8-4-3-7-15(16)17)9-11-20-10-5-6-14(20)12-18/h3-4,7-8,14,16,19H,2,5-6,9-13H2,1H3. The predicted molar refractivity (Wildman–Crippen MR) is 84.7 cm³/mol. The first kappa shape index (κ1) is 13.6. The van der Waals surface area contributed by atoms with E-state index in [1.807, 2.05) is 0 Å². The van der Waals surface area contributed by atoms with Gasteiger partial charge in [0.25, 0.3) is 0 Å². The number of rotatable bonds is 2. The summed E-state index contributed by atoms with van der Waals surface area (Å²) in [7, 11) is 0. The highest BCUT2D eigenvalue weighted by molar-refractivity contribution is 5.39. The van der Waals surface area contributed by atoms with Crippen molar-refractivity contribution in [1.29, 1.82) is 0 Å². The molecule has 1 aromatic carbocycles. The first-order valence-corrected chi connectivity index (χ1v) is 8.55. The van der Waals surface area contributed by atoms with E-state index in [-0.39, 0.29) is 5.60 Å². The molecule has 4 rings (SSSR count). The van der Waals surface area contributed by atoms with Crippen molar-refractivity contribution in [3.63, 3.8) is 0 Å². The zero-order valence-electron chi connectivity index (χ0n) is 13.0. The minimum absolute atomic E-state index is 0.0622. The van der Waals surface area contributed by atoms with Gasteiger partial charge in [-0.25, -0.2) is 0 Å². The molecule has 0 amide bonds. The number of piperidine rings is 1. The number of hydrogen-bond donors (Lipinski definition) is 1. The Morgan fingerprint density at radius 2 is 2.19 bits per heavy atom. The Hall–Kier alpha value is -1.06. The molecule has 1 N–H and O–H groups in total. The Morgan fingerprint density at radius 1 is 1.29 bits per heavy atom. The summed E-state index contributed by atoms with van der Waals surface area (Å²) in [4.78, 5) is 2.68. The third-order valence-electron chi connectivity index (χ3n) is 5.61. The second kappa shape index (κ2) is 5.29. The van der Waals surface area contributed by atoms with Crippen molar-refractivity contribution in [1.82, 2.24) is 10.2 Å². The molecule has 0 radical (unpaired) electrons. The third-order valence-corrected chi connectivity index (χ3v) is 5.61. The summed E-state index contributed by atoms with van der Waals surface area (Å²) < 4.78 is 6.58. The maximum absolute atomic E-state index is 6.58. The zero-order valence-corrected chi connectivity index (χ0v) is 13.0. The third kappa shape index (κ3) is 2.36. The molecule has 0 aromatic heterocycles. The van der Waals surface area contributed by atoms with Crippen molar-refractivity contribution in [2.45, 2.75) is 56.7 Å². The second-order valence-electron chi connectivity index (χ2n) is 6.92. The van der Waals surface area contributed by atoms with Gasteiger partial charge in [-0.15, -0.1) is 0 Å². The average molecular weight is 286 g/mol. The highest BCUT2D eigenvalue weighted by atomic mass is 16.5. The number of fused-ring (bicyclic) bond motifs is 2. The molecular formula is C18H26N2O. The van der Waals surface area contributed by atoms with E-state index < -0.39 is 0 Å². The van der Waals surface area contributed by atoms with Gasteiger partial charge in [-0.05, 0) is 38.4 Å². The van der Waals surface area contributed by atoms with Crippen LogP contribution < -0.4 is 10.1 Å². The van der Waals surface area contributed by atoms with Crippen LogP contribution in [0.3, 0.4) is 0 Å². The molecule has 114 valence electrons. The Bertz CT molecular complexity index is 518. The van der Waals surface area contributed by atoms with E-state index >= 15 is 0 Å². The Labute approximate surface area is 127 Å². The maximum atomic E-state index is 6.58. The molecule has 0 bridgehead atoms. The molecule has 3 heterocycles. The van der Waals surface area contributed by atoms with Gasteiger partial charge in [0, 0.05) is 37.0 Å². The van der Waals surface area contributed by atoms with Crippen LogP contribution in [0.5, 0.6) is 5.75 Å². The van der Waals surface area contributed by atoms with Gasteiger partial charge in [0.1, 0.15) is 11.4 Å². The molecule has 3 aliphatic heterocycles. The molecule has 3 unspecified atom stereocenters. The molecule has 3 atom stereocenters. The van der Waals surface area contributed by atoms with Gasteiger partial charge in [0.15, 0.2) is 0 Å². The highest BCUT2D eigenvalue weighted by Gasteiger charge is 2.47. The molecule has 1 aromatic rings. The topological polar surface area (TPSA) is 24.5 Å². The first-order valence-electron chi connectivity index (χ1n) is 8.55. The van der Waals surface area contributed by atoms with E-state index in [1.165, 1.54) is 44.3 Å². The van der Waals surface area contributed by atoms with Gasteiger partial charge in [0.2, 0.25) is 0 Å². The summed E-state index contributed by atoms with van der Waals surface area (Å²) in [6.45, 7) is 5.73. The van der Waals surface area contributed by atoms with E-state index in [4.69, 9.17) is 4.74 Å². The summed E-state index contributed by atoms with van der Waals surface area (Å²) in [6.07, 6.45) is 6.25. The monoisotopic (exact) mass is 286 g/mol. The molecule has 2 fully saturated rings. The SMILES string of the molecule is CCNC1CC2(CCN3CCCC3C2)Oc2ccccc21. The van der Waals surface area contributed by atoms with Crippen LogP contribution in [0, 0.1) is 0 Å². The van der Waals surface area contributed by atoms with Crippen LogP contribution in [0.4, 0.5) is 0 Å². The second-order valence-corrected chi connectivity index (χ2v) is 6.92. The predicted octanol–water partition coefficient (Wildman–Crippen LogP) is 3.12. The summed E-state index contributed by atoms with van der Waals surface area (Å²) in [5.74, 6) is 1.11. The Balaban J connectivity index is 1.63. The lowest BCUT2D eigenvalue weighted by Gasteiger charge is -2.48. The fourth-order valence-electron chi connectivity index (χ4n) is 4.62. The van der Waals surface area contributed by atoms with Crippen molar-refractivity contribution >= 4 is 0 Å². The molecule has 0 aliphatic carbocycles. The van der Waals surface area contributed by atoms with Crippen molar-refractivity contribution < 1.29 is 4.74 Å². The zero-order chi connectivity index (χ0) is 14.3. The lowest BCUT2D eigenvalue weighted by atomic mass is 9.78. The van der Waals surface area contributed by atoms with Crippen LogP contribution in [0.15, 0.2) is 24.3 Å². The van der Waals surface area contributed by atoms with Gasteiger partial charge >= 0.3 is 0 Å². The van der Waals surface area contributed by atoms with E-state index in [0.29, 0.717) is 6.04 Å². The Morgan fingerprint density at radius 3 is 3.10 bits per heavy atom. The van der Waals surface area contributed by atoms with Gasteiger partial charge in [-0.3, -0.25) is 0 Å². The van der Waals surface area contributed by atoms with Crippen LogP contribution in [0.1, 0.15) is 50.6 Å². The van der Waals surface area contributed by atoms with E-state index in [9.17, 15) is 0 Å². The summed E-state index contributed by atoms with van der Waals surface area (Å²) >= 11 is 0. The summed E-state index contributed by atoms with van der Waals surface area (Å²) in [6, 6.07) is 9.82. The Kier molecular flexibility index (Phi) is 3.43. The van der Waals surface area contributed by atoms with E-state index in [1.54, 1.807) is 0 Å². The van der Waals surface area contributed by atoms with Gasteiger partial charge in [-0.2, -0.15) is 0 Å². The van der Waals surface area contributed by atoms with Crippen LogP contribution in [-0.2, 0) is 0 Å². The molecule has 2 saturated heterocycles. The summed E-state index contributed by atoms with van der Waals surface area (Å²) in [5.41, 5.74) is 1.41. The number of hydrogen-bond acceptors (Lipinski definition) is 3. The molecule has 3 nitrogen and oxygen atoms in total.